The molecule has 2 N–H and O–H groups in total. The fraction of sp³-hybridized carbons (Fsp3) is 0.550. The van der Waals surface area contributed by atoms with E-state index in [2.05, 4.69) is 35.2 Å². The zero-order valence-electron chi connectivity index (χ0n) is 16.7. The Kier molecular flexibility index (Phi) is 6.57. The largest absolute Gasteiger partial charge is 0.495 e. The lowest BCUT2D eigenvalue weighted by atomic mass is 10.0. The second-order valence-electron chi connectivity index (χ2n) is 7.60. The summed E-state index contributed by atoms with van der Waals surface area (Å²) in [6, 6.07) is 4.26. The maximum Gasteiger partial charge on any atom is 0.407 e. The van der Waals surface area contributed by atoms with Gasteiger partial charge in [0.15, 0.2) is 0 Å². The van der Waals surface area contributed by atoms with E-state index in [-0.39, 0.29) is 0 Å². The van der Waals surface area contributed by atoms with Crippen molar-refractivity contribution >= 4 is 23.4 Å². The van der Waals surface area contributed by atoms with Crippen LogP contribution in [0.2, 0.25) is 5.02 Å². The van der Waals surface area contributed by atoms with Gasteiger partial charge in [-0.2, -0.15) is 0 Å². The summed E-state index contributed by atoms with van der Waals surface area (Å²) in [4.78, 5) is 17.0. The number of anilines is 1. The number of nitrogens with one attached hydrogen (secondary N) is 1. The highest BCUT2D eigenvalue weighted by Crippen LogP contribution is 2.34. The van der Waals surface area contributed by atoms with Crippen LogP contribution < -0.4 is 10.1 Å². The Bertz CT molecular complexity index is 726. The molecule has 2 heterocycles. The summed E-state index contributed by atoms with van der Waals surface area (Å²) in [5.41, 5.74) is 1.98. The molecule has 2 fully saturated rings. The predicted molar refractivity (Wildman–Crippen MR) is 111 cm³/mol. The highest BCUT2D eigenvalue weighted by molar-refractivity contribution is 6.31. The van der Waals surface area contributed by atoms with E-state index >= 15 is 0 Å². The number of amides is 1. The van der Waals surface area contributed by atoms with Crippen LogP contribution in [0.3, 0.4) is 0 Å². The van der Waals surface area contributed by atoms with E-state index in [4.69, 9.17) is 21.4 Å². The maximum absolute atomic E-state index is 10.9. The molecule has 154 valence electrons. The monoisotopic (exact) mass is 408 g/mol. The van der Waals surface area contributed by atoms with Crippen molar-refractivity contribution < 1.29 is 14.6 Å². The smallest absolute Gasteiger partial charge is 0.407 e. The quantitative estimate of drug-likeness (QED) is 0.752. The lowest BCUT2D eigenvalue weighted by molar-refractivity contribution is 0.0182. The molecule has 0 aliphatic carbocycles. The average molecular weight is 409 g/mol. The van der Waals surface area contributed by atoms with Gasteiger partial charge in [-0.15, -0.1) is 0 Å². The molecular weight excluding hydrogens is 380 g/mol. The van der Waals surface area contributed by atoms with Crippen LogP contribution in [0, 0.1) is 0 Å². The van der Waals surface area contributed by atoms with Crippen molar-refractivity contribution in [1.29, 1.82) is 0 Å². The molecule has 3 rings (SSSR count). The van der Waals surface area contributed by atoms with Crippen LogP contribution in [-0.4, -0.2) is 78.3 Å². The molecule has 0 bridgehead atoms. The minimum Gasteiger partial charge on any atom is -0.495 e. The molecule has 1 aromatic carbocycles. The normalized spacial score (nSPS) is 18.6. The van der Waals surface area contributed by atoms with E-state index in [1.165, 1.54) is 4.90 Å². The topological polar surface area (TPSA) is 68.3 Å². The molecular formula is C20H29ClN4O3. The molecule has 1 aromatic rings. The Morgan fingerprint density at radius 3 is 2.54 bits per heavy atom. The van der Waals surface area contributed by atoms with Gasteiger partial charge in [0.2, 0.25) is 0 Å². The van der Waals surface area contributed by atoms with Crippen LogP contribution in [0.25, 0.3) is 0 Å². The third-order valence-corrected chi connectivity index (χ3v) is 5.79. The summed E-state index contributed by atoms with van der Waals surface area (Å²) in [5, 5.41) is 13.0. The van der Waals surface area contributed by atoms with Crippen LogP contribution in [0.5, 0.6) is 5.75 Å². The molecule has 0 spiro atoms. The van der Waals surface area contributed by atoms with Gasteiger partial charge in [-0.1, -0.05) is 25.4 Å². The highest BCUT2D eigenvalue weighted by Gasteiger charge is 2.35. The van der Waals surface area contributed by atoms with Gasteiger partial charge < -0.3 is 25.0 Å². The van der Waals surface area contributed by atoms with Gasteiger partial charge in [0.25, 0.3) is 0 Å². The van der Waals surface area contributed by atoms with Crippen molar-refractivity contribution in [3.63, 3.8) is 0 Å². The first-order valence-corrected chi connectivity index (χ1v) is 10.0. The van der Waals surface area contributed by atoms with E-state index in [1.54, 1.807) is 7.11 Å². The van der Waals surface area contributed by atoms with Crippen molar-refractivity contribution in [2.24, 2.45) is 0 Å². The third kappa shape index (κ3) is 4.64. The molecule has 0 unspecified atom stereocenters. The molecule has 2 saturated heterocycles. The zero-order valence-corrected chi connectivity index (χ0v) is 17.4. The van der Waals surface area contributed by atoms with Gasteiger partial charge in [0.05, 0.1) is 12.8 Å². The third-order valence-electron chi connectivity index (χ3n) is 5.46. The van der Waals surface area contributed by atoms with Crippen LogP contribution in [0.15, 0.2) is 24.5 Å². The van der Waals surface area contributed by atoms with Gasteiger partial charge in [-0.3, -0.25) is 4.90 Å². The summed E-state index contributed by atoms with van der Waals surface area (Å²) in [5.74, 6) is 1.05. The Morgan fingerprint density at radius 2 is 1.96 bits per heavy atom. The van der Waals surface area contributed by atoms with Crippen molar-refractivity contribution in [2.45, 2.75) is 25.8 Å². The van der Waals surface area contributed by atoms with Crippen LogP contribution in [0.4, 0.5) is 10.5 Å². The number of carboxylic acid groups (broad SMARTS) is 1. The number of ether oxygens (including phenoxy) is 1. The van der Waals surface area contributed by atoms with Crippen molar-refractivity contribution in [1.82, 2.24) is 14.7 Å². The van der Waals surface area contributed by atoms with Gasteiger partial charge >= 0.3 is 6.09 Å². The number of rotatable bonds is 6. The Hall–Kier alpha value is -2.12. The first-order valence-electron chi connectivity index (χ1n) is 9.65. The number of benzene rings is 1. The minimum absolute atomic E-state index is 0.333. The number of piperazine rings is 1. The van der Waals surface area contributed by atoms with Crippen molar-refractivity contribution in [3.05, 3.63) is 35.1 Å². The van der Waals surface area contributed by atoms with E-state index in [0.717, 1.165) is 48.2 Å². The molecule has 2 aliphatic rings. The first-order chi connectivity index (χ1) is 13.4. The fourth-order valence-electron chi connectivity index (χ4n) is 3.62. The SMILES string of the molecule is COc1cc(Cl)c(C(C)C)cc1NC=CN1CCN(C2CN(C(=O)O)C2)CC1. The molecule has 0 saturated carbocycles. The Labute approximate surface area is 171 Å². The number of hydrogen-bond donors (Lipinski definition) is 2. The summed E-state index contributed by atoms with van der Waals surface area (Å²) >= 11 is 6.34. The van der Waals surface area contributed by atoms with Gasteiger partial charge in [-0.05, 0) is 17.5 Å². The summed E-state index contributed by atoms with van der Waals surface area (Å²) in [6.07, 6.45) is 3.17. The number of carbonyl (C=O) groups is 1. The molecule has 1 amide bonds. The molecule has 0 atom stereocenters. The van der Waals surface area contributed by atoms with E-state index < -0.39 is 6.09 Å². The highest BCUT2D eigenvalue weighted by atomic mass is 35.5. The first kappa shape index (κ1) is 20.6. The lowest BCUT2D eigenvalue weighted by Gasteiger charge is -2.46. The molecule has 0 aromatic heterocycles. The molecule has 0 radical (unpaired) electrons. The van der Waals surface area contributed by atoms with Crippen molar-refractivity contribution in [2.75, 3.05) is 51.7 Å². The number of likely N-dealkylation sites (tertiary alicyclic amines) is 1. The predicted octanol–water partition coefficient (Wildman–Crippen LogP) is 3.33. The fourth-order valence-corrected chi connectivity index (χ4v) is 3.99. The number of halogens is 1. The minimum atomic E-state index is -0.817. The standard InChI is InChI=1S/C20H29ClN4O3/c1-14(2)16-10-18(19(28-3)11-17(16)21)22-4-5-23-6-8-24(9-7-23)15-12-25(13-15)20(26)27/h4-5,10-11,14-15,22H,6-9,12-13H2,1-3H3,(H,26,27). The number of nitrogens with zero attached hydrogens (tertiary/aromatic N) is 3. The van der Waals surface area contributed by atoms with Crippen LogP contribution in [-0.2, 0) is 0 Å². The second kappa shape index (κ2) is 8.92. The van der Waals surface area contributed by atoms with Crippen molar-refractivity contribution in [3.8, 4) is 5.75 Å². The molecule has 7 nitrogen and oxygen atoms in total. The number of hydrogen-bond acceptors (Lipinski definition) is 5. The van der Waals surface area contributed by atoms with Gasteiger partial charge in [0, 0.05) is 68.8 Å². The maximum atomic E-state index is 10.9. The van der Waals surface area contributed by atoms with E-state index in [9.17, 15) is 4.79 Å². The zero-order chi connectivity index (χ0) is 20.3. The van der Waals surface area contributed by atoms with Gasteiger partial charge in [-0.25, -0.2) is 4.79 Å². The van der Waals surface area contributed by atoms with Crippen LogP contribution in [0.1, 0.15) is 25.3 Å². The van der Waals surface area contributed by atoms with Gasteiger partial charge in [0.1, 0.15) is 5.75 Å². The van der Waals surface area contributed by atoms with E-state index in [1.807, 2.05) is 18.3 Å². The van der Waals surface area contributed by atoms with E-state index in [0.29, 0.717) is 25.0 Å². The average Bonchev–Trinajstić information content (AvgIpc) is 2.62. The summed E-state index contributed by atoms with van der Waals surface area (Å²) in [6.45, 7) is 9.24. The summed E-state index contributed by atoms with van der Waals surface area (Å²) < 4.78 is 5.44. The van der Waals surface area contributed by atoms with Crippen LogP contribution >= 0.6 is 11.6 Å². The second-order valence-corrected chi connectivity index (χ2v) is 8.01. The molecule has 28 heavy (non-hydrogen) atoms. The lowest BCUT2D eigenvalue weighted by Crippen LogP contribution is -2.63. The number of methoxy groups -OCH3 is 1. The Balaban J connectivity index is 1.51. The Morgan fingerprint density at radius 1 is 1.29 bits per heavy atom. The molecule has 8 heteroatoms. The summed E-state index contributed by atoms with van der Waals surface area (Å²) in [7, 11) is 1.64. The molecule has 2 aliphatic heterocycles.